The van der Waals surface area contributed by atoms with Crippen LogP contribution in [0.2, 0.25) is 0 Å². The molecule has 3 saturated carbocycles. The molecule has 3 fully saturated rings. The molecule has 4 heteroatoms. The van der Waals surface area contributed by atoms with Gasteiger partial charge in [0.05, 0.1) is 16.8 Å². The minimum absolute atomic E-state index is 0.106. The van der Waals surface area contributed by atoms with Crippen LogP contribution in [-0.4, -0.2) is 22.0 Å². The highest BCUT2D eigenvalue weighted by molar-refractivity contribution is 7.11. The van der Waals surface area contributed by atoms with Crippen molar-refractivity contribution in [2.45, 2.75) is 77.7 Å². The summed E-state index contributed by atoms with van der Waals surface area (Å²) < 4.78 is 0. The van der Waals surface area contributed by atoms with E-state index >= 15 is 0 Å². The molecule has 0 amide bonds. The summed E-state index contributed by atoms with van der Waals surface area (Å²) in [6.07, 6.45) is 6.85. The molecule has 0 unspecified atom stereocenters. The molecule has 1 heterocycles. The van der Waals surface area contributed by atoms with Gasteiger partial charge in [0, 0.05) is 22.6 Å². The Morgan fingerprint density at radius 1 is 1.16 bits per heavy atom. The van der Waals surface area contributed by atoms with Crippen LogP contribution in [0, 0.1) is 35.5 Å². The van der Waals surface area contributed by atoms with Gasteiger partial charge in [-0.1, -0.05) is 13.8 Å². The van der Waals surface area contributed by atoms with Crippen LogP contribution in [0.4, 0.5) is 0 Å². The maximum absolute atomic E-state index is 12.5. The average molecular weight is 360 g/mol. The van der Waals surface area contributed by atoms with Gasteiger partial charge in [-0.25, -0.2) is 4.98 Å². The second-order valence-corrected chi connectivity index (χ2v) is 10.9. The molecular weight excluding hydrogens is 330 g/mol. The third-order valence-electron chi connectivity index (χ3n) is 8.62. The first-order valence-electron chi connectivity index (χ1n) is 10.0. The van der Waals surface area contributed by atoms with Crippen molar-refractivity contribution in [3.8, 4) is 0 Å². The lowest BCUT2D eigenvalue weighted by atomic mass is 9.45. The van der Waals surface area contributed by atoms with E-state index in [0.717, 1.165) is 50.0 Å². The molecule has 0 spiro atoms. The Bertz CT molecular complexity index is 742. The number of aliphatic hydroxyl groups excluding tert-OH is 1. The van der Waals surface area contributed by atoms with Gasteiger partial charge in [0.15, 0.2) is 0 Å². The predicted octanol–water partition coefficient (Wildman–Crippen LogP) is 4.26. The van der Waals surface area contributed by atoms with Crippen molar-refractivity contribution >= 4 is 17.1 Å². The van der Waals surface area contributed by atoms with Gasteiger partial charge in [0.1, 0.15) is 5.78 Å². The summed E-state index contributed by atoms with van der Waals surface area (Å²) in [7, 11) is 0. The SMILES string of the molecule is Cc1nc2c(s1)[C@@H]1[C@@H](O)C[C@@H]3[C@H](CC[C@]4(C)C(=O)CC[C@@H]34)[C@@]1(C)CC2. The molecule has 7 atom stereocenters. The number of Topliss-reactive ketones (excluding diaryl/α,β-unsaturated/α-hetero) is 1. The monoisotopic (exact) mass is 359 g/mol. The topological polar surface area (TPSA) is 50.2 Å². The number of carbonyl (C=O) groups excluding carboxylic acids is 1. The van der Waals surface area contributed by atoms with Crippen molar-refractivity contribution in [2.75, 3.05) is 0 Å². The summed E-state index contributed by atoms with van der Waals surface area (Å²) in [5.41, 5.74) is 1.31. The maximum Gasteiger partial charge on any atom is 0.139 e. The molecule has 1 N–H and O–H groups in total. The van der Waals surface area contributed by atoms with Crippen LogP contribution in [0.25, 0.3) is 0 Å². The Labute approximate surface area is 154 Å². The quantitative estimate of drug-likeness (QED) is 0.753. The molecule has 0 aromatic carbocycles. The van der Waals surface area contributed by atoms with Gasteiger partial charge < -0.3 is 5.11 Å². The molecule has 0 aliphatic heterocycles. The molecule has 4 aliphatic rings. The smallest absolute Gasteiger partial charge is 0.139 e. The molecule has 25 heavy (non-hydrogen) atoms. The van der Waals surface area contributed by atoms with Gasteiger partial charge in [0.2, 0.25) is 0 Å². The van der Waals surface area contributed by atoms with E-state index in [9.17, 15) is 9.90 Å². The number of ketones is 1. The van der Waals surface area contributed by atoms with E-state index in [1.54, 1.807) is 0 Å². The Morgan fingerprint density at radius 2 is 1.96 bits per heavy atom. The van der Waals surface area contributed by atoms with E-state index in [4.69, 9.17) is 4.98 Å². The molecule has 1 aromatic heterocycles. The van der Waals surface area contributed by atoms with Gasteiger partial charge in [-0.15, -0.1) is 11.3 Å². The number of fused-ring (bicyclic) bond motifs is 7. The molecular formula is C21H29NO2S. The van der Waals surface area contributed by atoms with E-state index in [2.05, 4.69) is 20.8 Å². The van der Waals surface area contributed by atoms with E-state index in [0.29, 0.717) is 23.5 Å². The molecule has 5 rings (SSSR count). The van der Waals surface area contributed by atoms with Gasteiger partial charge in [-0.2, -0.15) is 0 Å². The summed E-state index contributed by atoms with van der Waals surface area (Å²) in [5, 5.41) is 12.4. The van der Waals surface area contributed by atoms with Crippen LogP contribution in [-0.2, 0) is 11.2 Å². The van der Waals surface area contributed by atoms with Crippen molar-refractivity contribution in [1.29, 1.82) is 0 Å². The van der Waals surface area contributed by atoms with Crippen molar-refractivity contribution in [2.24, 2.45) is 28.6 Å². The van der Waals surface area contributed by atoms with Crippen LogP contribution in [0.5, 0.6) is 0 Å². The Balaban J connectivity index is 1.56. The standard InChI is InChI=1S/C21H29NO2S/c1-11-22-15-7-9-21(3)14-6-8-20(2)13(4-5-17(20)24)12(14)10-16(23)18(21)19(15)25-11/h12-14,16,18,23H,4-10H2,1-3H3/t12-,13-,14-,16-,18-,20-,21+/m0/s1. The normalized spacial score (nSPS) is 48.5. The Kier molecular flexibility index (Phi) is 3.39. The number of carbonyl (C=O) groups is 1. The third-order valence-corrected chi connectivity index (χ3v) is 9.72. The lowest BCUT2D eigenvalue weighted by Gasteiger charge is -2.60. The summed E-state index contributed by atoms with van der Waals surface area (Å²) in [6, 6.07) is 0. The number of aromatic nitrogens is 1. The molecule has 0 bridgehead atoms. The zero-order chi connectivity index (χ0) is 17.6. The van der Waals surface area contributed by atoms with E-state index < -0.39 is 0 Å². The molecule has 0 radical (unpaired) electrons. The van der Waals surface area contributed by atoms with Crippen LogP contribution < -0.4 is 0 Å². The minimum atomic E-state index is -0.275. The molecule has 1 aromatic rings. The first-order chi connectivity index (χ1) is 11.8. The largest absolute Gasteiger partial charge is 0.392 e. The predicted molar refractivity (Wildman–Crippen MR) is 98.7 cm³/mol. The van der Waals surface area contributed by atoms with Crippen molar-refractivity contribution < 1.29 is 9.90 Å². The summed E-state index contributed by atoms with van der Waals surface area (Å²) >= 11 is 1.81. The average Bonchev–Trinajstić information content (AvgIpc) is 3.06. The lowest BCUT2D eigenvalue weighted by Crippen LogP contribution is -2.56. The van der Waals surface area contributed by atoms with E-state index in [1.807, 2.05) is 11.3 Å². The highest BCUT2D eigenvalue weighted by atomic mass is 32.1. The summed E-state index contributed by atoms with van der Waals surface area (Å²) in [4.78, 5) is 18.7. The van der Waals surface area contributed by atoms with Gasteiger partial charge in [-0.3, -0.25) is 4.79 Å². The van der Waals surface area contributed by atoms with Gasteiger partial charge in [-0.05, 0) is 68.6 Å². The number of rotatable bonds is 0. The number of nitrogens with zero attached hydrogens (tertiary/aromatic N) is 1. The van der Waals surface area contributed by atoms with Gasteiger partial charge >= 0.3 is 0 Å². The van der Waals surface area contributed by atoms with Crippen LogP contribution >= 0.6 is 11.3 Å². The number of hydrogen-bond donors (Lipinski definition) is 1. The molecule has 4 aliphatic carbocycles. The Hall–Kier alpha value is -0.740. The molecule has 3 nitrogen and oxygen atoms in total. The van der Waals surface area contributed by atoms with E-state index in [-0.39, 0.29) is 22.9 Å². The number of aliphatic hydroxyl groups is 1. The van der Waals surface area contributed by atoms with Crippen LogP contribution in [0.3, 0.4) is 0 Å². The third kappa shape index (κ3) is 2.01. The van der Waals surface area contributed by atoms with Crippen LogP contribution in [0.1, 0.15) is 73.9 Å². The van der Waals surface area contributed by atoms with E-state index in [1.165, 1.54) is 10.6 Å². The summed E-state index contributed by atoms with van der Waals surface area (Å²) in [5.74, 6) is 2.42. The molecule has 0 saturated heterocycles. The number of thiazole rings is 1. The van der Waals surface area contributed by atoms with Crippen molar-refractivity contribution in [3.05, 3.63) is 15.6 Å². The molecule has 136 valence electrons. The summed E-state index contributed by atoms with van der Waals surface area (Å²) in [6.45, 7) is 6.75. The fourth-order valence-corrected chi connectivity index (χ4v) is 8.69. The zero-order valence-electron chi connectivity index (χ0n) is 15.5. The first kappa shape index (κ1) is 16.4. The second kappa shape index (κ2) is 5.16. The minimum Gasteiger partial charge on any atom is -0.392 e. The Morgan fingerprint density at radius 3 is 2.76 bits per heavy atom. The lowest BCUT2D eigenvalue weighted by molar-refractivity contribution is -0.142. The van der Waals surface area contributed by atoms with Crippen LogP contribution in [0.15, 0.2) is 0 Å². The zero-order valence-corrected chi connectivity index (χ0v) is 16.4. The van der Waals surface area contributed by atoms with Crippen molar-refractivity contribution in [1.82, 2.24) is 4.98 Å². The van der Waals surface area contributed by atoms with Crippen molar-refractivity contribution in [3.63, 3.8) is 0 Å². The highest BCUT2D eigenvalue weighted by Gasteiger charge is 2.62. The first-order valence-corrected chi connectivity index (χ1v) is 10.8. The number of aryl methyl sites for hydroxylation is 2. The van der Waals surface area contributed by atoms with Gasteiger partial charge in [0.25, 0.3) is 0 Å². The number of hydrogen-bond acceptors (Lipinski definition) is 4. The fourth-order valence-electron chi connectivity index (χ4n) is 7.40. The second-order valence-electron chi connectivity index (χ2n) is 9.63. The highest BCUT2D eigenvalue weighted by Crippen LogP contribution is 2.67. The maximum atomic E-state index is 12.5. The fraction of sp³-hybridized carbons (Fsp3) is 0.810.